The maximum Gasteiger partial charge on any atom is 0.251 e. The molecule has 1 aromatic heterocycles. The number of oxazole rings is 1. The van der Waals surface area contributed by atoms with E-state index in [0.29, 0.717) is 30.1 Å². The molecule has 34 heavy (non-hydrogen) atoms. The van der Waals surface area contributed by atoms with Gasteiger partial charge in [0.1, 0.15) is 5.76 Å². The Balaban J connectivity index is 1.27. The monoisotopic (exact) mass is 477 g/mol. The maximum absolute atomic E-state index is 12.6. The Labute approximate surface area is 207 Å². The van der Waals surface area contributed by atoms with E-state index in [1.807, 2.05) is 49.4 Å². The number of carbonyl (C=O) groups excluding carboxylic acids is 1. The highest BCUT2D eigenvalue weighted by atomic mass is 32.2. The van der Waals surface area contributed by atoms with Crippen molar-refractivity contribution in [3.63, 3.8) is 0 Å². The van der Waals surface area contributed by atoms with Gasteiger partial charge in [-0.2, -0.15) is 0 Å². The number of nitrogens with one attached hydrogen (secondary N) is 1. The summed E-state index contributed by atoms with van der Waals surface area (Å²) in [4.78, 5) is 21.1. The molecule has 0 saturated carbocycles. The van der Waals surface area contributed by atoms with E-state index >= 15 is 0 Å². The SMILES string of the molecule is Cc1oc(-c2ccc(C(=O)NCCCN3[C@H](C)CCC[C@H]3C)cc2)nc1CSc1ccccc1. The van der Waals surface area contributed by atoms with Gasteiger partial charge in [-0.1, -0.05) is 24.6 Å². The van der Waals surface area contributed by atoms with Crippen molar-refractivity contribution >= 4 is 17.7 Å². The normalized spacial score (nSPS) is 18.7. The van der Waals surface area contributed by atoms with E-state index in [1.54, 1.807) is 11.8 Å². The minimum atomic E-state index is -0.0326. The number of hydrogen-bond donors (Lipinski definition) is 1. The minimum absolute atomic E-state index is 0.0326. The number of rotatable bonds is 9. The first-order valence-corrected chi connectivity index (χ1v) is 13.3. The number of aryl methyl sites for hydroxylation is 1. The van der Waals surface area contributed by atoms with Crippen molar-refractivity contribution in [3.05, 3.63) is 71.6 Å². The van der Waals surface area contributed by atoms with Gasteiger partial charge in [-0.25, -0.2) is 4.98 Å². The first-order chi connectivity index (χ1) is 16.5. The molecule has 4 rings (SSSR count). The molecule has 0 unspecified atom stereocenters. The quantitative estimate of drug-likeness (QED) is 0.288. The number of benzene rings is 2. The molecular weight excluding hydrogens is 442 g/mol. The molecule has 0 spiro atoms. The molecule has 3 aromatic rings. The molecule has 1 aliphatic rings. The minimum Gasteiger partial charge on any atom is -0.441 e. The molecule has 1 aliphatic heterocycles. The molecule has 1 saturated heterocycles. The van der Waals surface area contributed by atoms with Crippen LogP contribution in [-0.2, 0) is 5.75 Å². The number of amides is 1. The highest BCUT2D eigenvalue weighted by Crippen LogP contribution is 2.28. The lowest BCUT2D eigenvalue weighted by molar-refractivity contribution is 0.0925. The van der Waals surface area contributed by atoms with E-state index < -0.39 is 0 Å². The van der Waals surface area contributed by atoms with Crippen molar-refractivity contribution in [1.82, 2.24) is 15.2 Å². The van der Waals surface area contributed by atoms with E-state index in [0.717, 1.165) is 35.7 Å². The third-order valence-electron chi connectivity index (χ3n) is 6.66. The highest BCUT2D eigenvalue weighted by molar-refractivity contribution is 7.98. The van der Waals surface area contributed by atoms with Crippen molar-refractivity contribution in [1.29, 1.82) is 0 Å². The van der Waals surface area contributed by atoms with E-state index in [9.17, 15) is 4.79 Å². The maximum atomic E-state index is 12.6. The van der Waals surface area contributed by atoms with Crippen LogP contribution in [-0.4, -0.2) is 41.0 Å². The lowest BCUT2D eigenvalue weighted by Crippen LogP contribution is -2.44. The van der Waals surface area contributed by atoms with E-state index in [4.69, 9.17) is 9.40 Å². The smallest absolute Gasteiger partial charge is 0.251 e. The van der Waals surface area contributed by atoms with Crippen molar-refractivity contribution in [2.24, 2.45) is 0 Å². The molecule has 6 heteroatoms. The molecule has 1 N–H and O–H groups in total. The number of likely N-dealkylation sites (tertiary alicyclic amines) is 1. The summed E-state index contributed by atoms with van der Waals surface area (Å²) in [5, 5.41) is 3.07. The summed E-state index contributed by atoms with van der Waals surface area (Å²) in [6.45, 7) is 8.31. The van der Waals surface area contributed by atoms with Gasteiger partial charge in [0, 0.05) is 46.9 Å². The van der Waals surface area contributed by atoms with Crippen molar-refractivity contribution in [2.75, 3.05) is 13.1 Å². The fourth-order valence-corrected chi connectivity index (χ4v) is 5.52. The number of carbonyl (C=O) groups is 1. The molecule has 180 valence electrons. The molecule has 1 amide bonds. The van der Waals surface area contributed by atoms with Crippen LogP contribution in [0.1, 0.15) is 61.3 Å². The second kappa shape index (κ2) is 11.7. The fraction of sp³-hybridized carbons (Fsp3) is 0.429. The largest absolute Gasteiger partial charge is 0.441 e. The average molecular weight is 478 g/mol. The van der Waals surface area contributed by atoms with Crippen LogP contribution in [0.3, 0.4) is 0 Å². The number of aromatic nitrogens is 1. The van der Waals surface area contributed by atoms with E-state index in [1.165, 1.54) is 24.2 Å². The van der Waals surface area contributed by atoms with Gasteiger partial charge in [-0.05, 0) is 76.4 Å². The molecule has 2 heterocycles. The Morgan fingerprint density at radius 2 is 1.79 bits per heavy atom. The molecule has 0 radical (unpaired) electrons. The zero-order valence-electron chi connectivity index (χ0n) is 20.4. The molecule has 1 fully saturated rings. The zero-order valence-corrected chi connectivity index (χ0v) is 21.2. The van der Waals surface area contributed by atoms with Crippen LogP contribution in [0.15, 0.2) is 63.9 Å². The van der Waals surface area contributed by atoms with Crippen LogP contribution in [0, 0.1) is 6.92 Å². The Morgan fingerprint density at radius 1 is 1.09 bits per heavy atom. The third-order valence-corrected chi connectivity index (χ3v) is 7.68. The van der Waals surface area contributed by atoms with Gasteiger partial charge in [-0.15, -0.1) is 11.8 Å². The van der Waals surface area contributed by atoms with Gasteiger partial charge in [0.15, 0.2) is 0 Å². The van der Waals surface area contributed by atoms with Crippen LogP contribution < -0.4 is 5.32 Å². The number of hydrogen-bond acceptors (Lipinski definition) is 5. The number of nitrogens with zero attached hydrogens (tertiary/aromatic N) is 2. The van der Waals surface area contributed by atoms with Gasteiger partial charge in [0.2, 0.25) is 5.89 Å². The van der Waals surface area contributed by atoms with Crippen molar-refractivity contribution in [3.8, 4) is 11.5 Å². The standard InChI is InChI=1S/C28H35N3O2S/c1-20-9-7-10-21(2)31(20)18-8-17-29-27(32)23-13-15-24(16-14-23)28-30-26(22(3)33-28)19-34-25-11-5-4-6-12-25/h4-6,11-16,20-21H,7-10,17-19H2,1-3H3,(H,29,32)/t20-,21-/m1/s1. The summed E-state index contributed by atoms with van der Waals surface area (Å²) in [6, 6.07) is 19.1. The van der Waals surface area contributed by atoms with Crippen LogP contribution in [0.2, 0.25) is 0 Å². The lowest BCUT2D eigenvalue weighted by Gasteiger charge is -2.39. The Bertz CT molecular complexity index is 1060. The summed E-state index contributed by atoms with van der Waals surface area (Å²) < 4.78 is 5.91. The van der Waals surface area contributed by atoms with Gasteiger partial charge in [-0.3, -0.25) is 9.69 Å². The van der Waals surface area contributed by atoms with E-state index in [-0.39, 0.29) is 5.91 Å². The van der Waals surface area contributed by atoms with Crippen molar-refractivity contribution < 1.29 is 9.21 Å². The molecule has 2 atom stereocenters. The van der Waals surface area contributed by atoms with Crippen LogP contribution >= 0.6 is 11.8 Å². The summed E-state index contributed by atoms with van der Waals surface area (Å²) in [5.74, 6) is 2.15. The van der Waals surface area contributed by atoms with E-state index in [2.05, 4.69) is 36.2 Å². The fourth-order valence-electron chi connectivity index (χ4n) is 4.60. The number of piperidine rings is 1. The summed E-state index contributed by atoms with van der Waals surface area (Å²) in [5.41, 5.74) is 2.48. The van der Waals surface area contributed by atoms with Crippen LogP contribution in [0.25, 0.3) is 11.5 Å². The average Bonchev–Trinajstić information content (AvgIpc) is 3.23. The Hall–Kier alpha value is -2.57. The second-order valence-corrected chi connectivity index (χ2v) is 10.2. The molecule has 5 nitrogen and oxygen atoms in total. The predicted molar refractivity (Wildman–Crippen MR) is 139 cm³/mol. The second-order valence-electron chi connectivity index (χ2n) is 9.18. The predicted octanol–water partition coefficient (Wildman–Crippen LogP) is 6.33. The van der Waals surface area contributed by atoms with Gasteiger partial charge < -0.3 is 9.73 Å². The lowest BCUT2D eigenvalue weighted by atomic mass is 9.97. The topological polar surface area (TPSA) is 58.4 Å². The summed E-state index contributed by atoms with van der Waals surface area (Å²) in [7, 11) is 0. The zero-order chi connectivity index (χ0) is 23.9. The Kier molecular flexibility index (Phi) is 8.46. The van der Waals surface area contributed by atoms with Gasteiger partial charge >= 0.3 is 0 Å². The van der Waals surface area contributed by atoms with Gasteiger partial charge in [0.05, 0.1) is 5.69 Å². The van der Waals surface area contributed by atoms with Crippen molar-refractivity contribution in [2.45, 2.75) is 69.2 Å². The third kappa shape index (κ3) is 6.30. The van der Waals surface area contributed by atoms with Gasteiger partial charge in [0.25, 0.3) is 5.91 Å². The Morgan fingerprint density at radius 3 is 2.50 bits per heavy atom. The summed E-state index contributed by atoms with van der Waals surface area (Å²) >= 11 is 1.74. The molecular formula is C28H35N3O2S. The molecule has 0 bridgehead atoms. The van der Waals surface area contributed by atoms with Crippen LogP contribution in [0.5, 0.6) is 0 Å². The van der Waals surface area contributed by atoms with Crippen LogP contribution in [0.4, 0.5) is 0 Å². The summed E-state index contributed by atoms with van der Waals surface area (Å²) in [6.07, 6.45) is 4.85. The number of thioether (sulfide) groups is 1. The first-order valence-electron chi connectivity index (χ1n) is 12.3. The molecule has 0 aliphatic carbocycles. The molecule has 2 aromatic carbocycles. The first kappa shape index (κ1) is 24.6. The highest BCUT2D eigenvalue weighted by Gasteiger charge is 2.23.